The monoisotopic (exact) mass is 558 g/mol. The highest BCUT2D eigenvalue weighted by Crippen LogP contribution is 2.12. The number of nitrogens with one attached hydrogen (secondary N) is 3. The van der Waals surface area contributed by atoms with Gasteiger partial charge in [0.15, 0.2) is 5.96 Å². The van der Waals surface area contributed by atoms with Crippen LogP contribution in [0.1, 0.15) is 46.5 Å². The van der Waals surface area contributed by atoms with Crippen LogP contribution in [-0.4, -0.2) is 69.3 Å². The first-order valence-corrected chi connectivity index (χ1v) is 11.4. The van der Waals surface area contributed by atoms with Crippen LogP contribution < -0.4 is 33.6 Å². The lowest BCUT2D eigenvalue weighted by atomic mass is 10.1. The molecule has 0 aliphatic heterocycles. The lowest BCUT2D eigenvalue weighted by molar-refractivity contribution is -0.384. The predicted octanol–water partition coefficient (Wildman–Crippen LogP) is 0.0684. The SMILES string of the molecule is CC(C)(C)OC(=O)NC(CCC(N)=O)C(=O)O.N=C(N)NCCCC(N)C(=O)O.Nc1ccc([N+](=O)[O-])cc1. The second-order valence-electron chi connectivity index (χ2n) is 8.82. The Bertz CT molecular complexity index is 965. The summed E-state index contributed by atoms with van der Waals surface area (Å²) in [5.41, 5.74) is 20.3. The largest absolute Gasteiger partial charge is 0.480 e. The molecule has 0 heterocycles. The highest BCUT2D eigenvalue weighted by atomic mass is 16.6. The van der Waals surface area contributed by atoms with E-state index in [-0.39, 0.29) is 24.5 Å². The van der Waals surface area contributed by atoms with E-state index in [4.69, 9.17) is 43.3 Å². The number of nitrogens with zero attached hydrogens (tertiary/aromatic N) is 1. The molecule has 0 spiro atoms. The number of guanidine groups is 1. The number of nitro benzene ring substituents is 1. The van der Waals surface area contributed by atoms with Gasteiger partial charge in [-0.15, -0.1) is 0 Å². The molecule has 1 aromatic carbocycles. The van der Waals surface area contributed by atoms with E-state index in [1.165, 1.54) is 24.3 Å². The van der Waals surface area contributed by atoms with E-state index >= 15 is 0 Å². The fraction of sp³-hybridized carbons (Fsp3) is 0.500. The molecule has 0 aliphatic carbocycles. The predicted molar refractivity (Wildman–Crippen MR) is 141 cm³/mol. The number of hydrogen-bond acceptors (Lipinski definition) is 10. The van der Waals surface area contributed by atoms with E-state index in [2.05, 4.69) is 10.6 Å². The molecule has 2 unspecified atom stereocenters. The molecule has 0 bridgehead atoms. The van der Waals surface area contributed by atoms with Gasteiger partial charge in [0.25, 0.3) is 5.69 Å². The van der Waals surface area contributed by atoms with Gasteiger partial charge in [-0.1, -0.05) is 0 Å². The van der Waals surface area contributed by atoms with Crippen LogP contribution in [0, 0.1) is 15.5 Å². The van der Waals surface area contributed by atoms with E-state index in [0.29, 0.717) is 25.1 Å². The minimum atomic E-state index is -1.24. The molecule has 39 heavy (non-hydrogen) atoms. The number of aliphatic carboxylic acids is 2. The highest BCUT2D eigenvalue weighted by molar-refractivity contribution is 5.81. The van der Waals surface area contributed by atoms with E-state index < -0.39 is 46.5 Å². The van der Waals surface area contributed by atoms with Gasteiger partial charge in [-0.25, -0.2) is 9.59 Å². The molecule has 0 saturated heterocycles. The summed E-state index contributed by atoms with van der Waals surface area (Å²) in [6.07, 6.45) is -0.0475. The summed E-state index contributed by atoms with van der Waals surface area (Å²) in [5.74, 6) is -2.98. The number of ether oxygens (including phenoxy) is 1. The number of nitrogen functional groups attached to an aromatic ring is 1. The van der Waals surface area contributed by atoms with Crippen LogP contribution in [0.3, 0.4) is 0 Å². The molecular weight excluding hydrogens is 520 g/mol. The summed E-state index contributed by atoms with van der Waals surface area (Å²) in [6.45, 7) is 5.46. The third-order valence-corrected chi connectivity index (χ3v) is 4.10. The fourth-order valence-corrected chi connectivity index (χ4v) is 2.26. The molecule has 17 nitrogen and oxygen atoms in total. The van der Waals surface area contributed by atoms with Gasteiger partial charge in [0.05, 0.1) is 4.92 Å². The second-order valence-corrected chi connectivity index (χ2v) is 8.82. The average molecular weight is 559 g/mol. The first-order chi connectivity index (χ1) is 17.8. The second kappa shape index (κ2) is 18.6. The van der Waals surface area contributed by atoms with Gasteiger partial charge >= 0.3 is 18.0 Å². The number of nitro groups is 1. The first kappa shape index (κ1) is 36.5. The first-order valence-electron chi connectivity index (χ1n) is 11.4. The van der Waals surface area contributed by atoms with Crippen LogP contribution in [-0.2, 0) is 19.1 Å². The van der Waals surface area contributed by atoms with Crippen molar-refractivity contribution in [1.29, 1.82) is 5.41 Å². The maximum Gasteiger partial charge on any atom is 0.408 e. The molecule has 1 rings (SSSR count). The van der Waals surface area contributed by atoms with Crippen LogP contribution in [0.5, 0.6) is 0 Å². The number of benzene rings is 1. The summed E-state index contributed by atoms with van der Waals surface area (Å²) in [6, 6.07) is 3.73. The van der Waals surface area contributed by atoms with Crippen molar-refractivity contribution in [3.63, 3.8) is 0 Å². The van der Waals surface area contributed by atoms with Gasteiger partial charge in [0.2, 0.25) is 5.91 Å². The summed E-state index contributed by atoms with van der Waals surface area (Å²) in [4.78, 5) is 52.5. The maximum atomic E-state index is 11.3. The Kier molecular flexibility index (Phi) is 17.4. The summed E-state index contributed by atoms with van der Waals surface area (Å²) < 4.78 is 4.90. The molecule has 0 radical (unpaired) electrons. The van der Waals surface area contributed by atoms with Crippen molar-refractivity contribution in [3.05, 3.63) is 34.4 Å². The van der Waals surface area contributed by atoms with Crippen molar-refractivity contribution in [3.8, 4) is 0 Å². The Balaban J connectivity index is 0. The zero-order valence-corrected chi connectivity index (χ0v) is 22.0. The number of carbonyl (C=O) groups excluding carboxylic acids is 2. The molecule has 17 heteroatoms. The number of alkyl carbamates (subject to hydrolysis) is 1. The van der Waals surface area contributed by atoms with E-state index in [1.807, 2.05) is 0 Å². The molecule has 1 aromatic rings. The van der Waals surface area contributed by atoms with Crippen molar-refractivity contribution in [2.24, 2.45) is 17.2 Å². The molecule has 0 aliphatic rings. The van der Waals surface area contributed by atoms with Crippen LogP contribution >= 0.6 is 0 Å². The number of primary amides is 1. The average Bonchev–Trinajstić information content (AvgIpc) is 2.78. The molecular formula is C22H38N8O9. The number of anilines is 1. The van der Waals surface area contributed by atoms with Crippen LogP contribution in [0.2, 0.25) is 0 Å². The van der Waals surface area contributed by atoms with Gasteiger partial charge in [-0.05, 0) is 52.2 Å². The molecule has 0 fully saturated rings. The van der Waals surface area contributed by atoms with Crippen molar-refractivity contribution < 1.29 is 39.1 Å². The minimum Gasteiger partial charge on any atom is -0.480 e. The standard InChI is InChI=1S/C10H18N2O5.C6H14N4O2.C6H6N2O2/c1-10(2,3)17-9(16)12-6(8(14)15)4-5-7(11)13;7-4(5(11)12)2-1-3-10-6(8)9;7-5-1-3-6(4-2-5)8(9)10/h6H,4-5H2,1-3H3,(H2,11,13)(H,12,16)(H,14,15);4H,1-3,7H2,(H,11,12)(H4,8,9,10);1-4H,7H2. The van der Waals surface area contributed by atoms with Gasteiger partial charge in [0, 0.05) is 30.8 Å². The Morgan fingerprint density at radius 3 is 2.00 bits per heavy atom. The number of non-ortho nitro benzene ring substituents is 1. The molecule has 220 valence electrons. The zero-order valence-electron chi connectivity index (χ0n) is 22.0. The Morgan fingerprint density at radius 1 is 1.08 bits per heavy atom. The third kappa shape index (κ3) is 22.3. The fourth-order valence-electron chi connectivity index (χ4n) is 2.26. The number of carboxylic acid groups (broad SMARTS) is 2. The van der Waals surface area contributed by atoms with Gasteiger partial charge in [-0.2, -0.15) is 0 Å². The lowest BCUT2D eigenvalue weighted by Gasteiger charge is -2.21. The minimum absolute atomic E-state index is 0.0641. The molecule has 0 saturated carbocycles. The smallest absolute Gasteiger partial charge is 0.408 e. The number of rotatable bonds is 11. The number of carbonyl (C=O) groups is 4. The number of nitrogens with two attached hydrogens (primary N) is 4. The van der Waals surface area contributed by atoms with E-state index in [1.54, 1.807) is 20.8 Å². The van der Waals surface area contributed by atoms with Crippen molar-refractivity contribution in [2.75, 3.05) is 12.3 Å². The zero-order chi connectivity index (χ0) is 30.8. The maximum absolute atomic E-state index is 11.3. The number of carboxylic acids is 2. The summed E-state index contributed by atoms with van der Waals surface area (Å²) in [7, 11) is 0. The third-order valence-electron chi connectivity index (χ3n) is 4.10. The highest BCUT2D eigenvalue weighted by Gasteiger charge is 2.24. The Morgan fingerprint density at radius 2 is 1.62 bits per heavy atom. The van der Waals surface area contributed by atoms with E-state index in [9.17, 15) is 29.3 Å². The topological polar surface area (TPSA) is 313 Å². The summed E-state index contributed by atoms with van der Waals surface area (Å²) >= 11 is 0. The van der Waals surface area contributed by atoms with Gasteiger partial charge < -0.3 is 48.5 Å². The van der Waals surface area contributed by atoms with Crippen molar-refractivity contribution in [1.82, 2.24) is 10.6 Å². The van der Waals surface area contributed by atoms with E-state index in [0.717, 1.165) is 0 Å². The van der Waals surface area contributed by atoms with Gasteiger partial charge in [0.1, 0.15) is 17.7 Å². The molecule has 0 aromatic heterocycles. The summed E-state index contributed by atoms with van der Waals surface area (Å²) in [5, 5.41) is 38.8. The molecule has 2 atom stereocenters. The normalized spacial score (nSPS) is 11.6. The van der Waals surface area contributed by atoms with Gasteiger partial charge in [-0.3, -0.25) is 25.1 Å². The van der Waals surface area contributed by atoms with Crippen LogP contribution in [0.15, 0.2) is 24.3 Å². The quantitative estimate of drug-likeness (QED) is 0.0434. The molecule has 13 N–H and O–H groups in total. The van der Waals surface area contributed by atoms with Crippen molar-refractivity contribution >= 4 is 41.3 Å². The number of amides is 2. The Labute approximate surface area is 224 Å². The van der Waals surface area contributed by atoms with Crippen LogP contribution in [0.4, 0.5) is 16.2 Å². The van der Waals surface area contributed by atoms with Crippen molar-refractivity contribution in [2.45, 2.75) is 64.1 Å². The number of hydrogen-bond donors (Lipinski definition) is 9. The van der Waals surface area contributed by atoms with Crippen LogP contribution in [0.25, 0.3) is 0 Å². The Hall–Kier alpha value is -4.67. The lowest BCUT2D eigenvalue weighted by Crippen LogP contribution is -2.43. The molecule has 2 amide bonds.